The van der Waals surface area contributed by atoms with Gasteiger partial charge in [-0.3, -0.25) is 0 Å². The van der Waals surface area contributed by atoms with Crippen molar-refractivity contribution in [2.75, 3.05) is 20.0 Å². The molecule has 0 fully saturated rings. The van der Waals surface area contributed by atoms with E-state index >= 15 is 0 Å². The third-order valence-electron chi connectivity index (χ3n) is 3.17. The zero-order chi connectivity index (χ0) is 14.4. The van der Waals surface area contributed by atoms with Crippen LogP contribution in [0.3, 0.4) is 0 Å². The van der Waals surface area contributed by atoms with Gasteiger partial charge in [0.15, 0.2) is 0 Å². The Bertz CT molecular complexity index is 472. The SMILES string of the molecule is CCSC(c1ccc(OC)cc1)c1ccc(OC)cc1. The highest BCUT2D eigenvalue weighted by molar-refractivity contribution is 7.99. The van der Waals surface area contributed by atoms with Gasteiger partial charge in [-0.15, -0.1) is 11.8 Å². The van der Waals surface area contributed by atoms with E-state index in [1.807, 2.05) is 36.0 Å². The fraction of sp³-hybridized carbons (Fsp3) is 0.294. The van der Waals surface area contributed by atoms with Crippen molar-refractivity contribution in [2.24, 2.45) is 0 Å². The molecule has 0 spiro atoms. The van der Waals surface area contributed by atoms with Crippen LogP contribution >= 0.6 is 11.8 Å². The monoisotopic (exact) mass is 288 g/mol. The first-order valence-electron chi connectivity index (χ1n) is 6.68. The van der Waals surface area contributed by atoms with Gasteiger partial charge in [-0.2, -0.15) is 0 Å². The molecule has 0 aliphatic heterocycles. The van der Waals surface area contributed by atoms with Crippen LogP contribution in [0.1, 0.15) is 23.3 Å². The lowest BCUT2D eigenvalue weighted by atomic mass is 10.0. The first-order chi connectivity index (χ1) is 9.78. The summed E-state index contributed by atoms with van der Waals surface area (Å²) in [4.78, 5) is 0. The van der Waals surface area contributed by atoms with Crippen LogP contribution in [0.4, 0.5) is 0 Å². The molecule has 0 bridgehead atoms. The summed E-state index contributed by atoms with van der Waals surface area (Å²) in [5.74, 6) is 2.86. The van der Waals surface area contributed by atoms with E-state index in [9.17, 15) is 0 Å². The van der Waals surface area contributed by atoms with E-state index < -0.39 is 0 Å². The highest BCUT2D eigenvalue weighted by atomic mass is 32.2. The summed E-state index contributed by atoms with van der Waals surface area (Å²) >= 11 is 1.93. The first kappa shape index (κ1) is 14.8. The van der Waals surface area contributed by atoms with Crippen molar-refractivity contribution in [1.82, 2.24) is 0 Å². The van der Waals surface area contributed by atoms with Crippen LogP contribution in [-0.2, 0) is 0 Å². The molecule has 2 nitrogen and oxygen atoms in total. The molecule has 20 heavy (non-hydrogen) atoms. The summed E-state index contributed by atoms with van der Waals surface area (Å²) < 4.78 is 10.4. The molecule has 2 rings (SSSR count). The lowest BCUT2D eigenvalue weighted by Gasteiger charge is -2.17. The van der Waals surface area contributed by atoms with E-state index in [2.05, 4.69) is 31.2 Å². The van der Waals surface area contributed by atoms with E-state index in [1.54, 1.807) is 14.2 Å². The minimum Gasteiger partial charge on any atom is -0.497 e. The number of thioether (sulfide) groups is 1. The highest BCUT2D eigenvalue weighted by Gasteiger charge is 2.14. The number of ether oxygens (including phenoxy) is 2. The van der Waals surface area contributed by atoms with Gasteiger partial charge in [0.2, 0.25) is 0 Å². The van der Waals surface area contributed by atoms with E-state index in [1.165, 1.54) is 11.1 Å². The van der Waals surface area contributed by atoms with Crippen molar-refractivity contribution in [1.29, 1.82) is 0 Å². The van der Waals surface area contributed by atoms with Crippen molar-refractivity contribution >= 4 is 11.8 Å². The smallest absolute Gasteiger partial charge is 0.118 e. The molecule has 0 aromatic heterocycles. The molecule has 0 atom stereocenters. The van der Waals surface area contributed by atoms with Gasteiger partial charge in [-0.25, -0.2) is 0 Å². The average molecular weight is 288 g/mol. The molecule has 3 heteroatoms. The maximum Gasteiger partial charge on any atom is 0.118 e. The Morgan fingerprint density at radius 1 is 0.800 bits per heavy atom. The van der Waals surface area contributed by atoms with Crippen molar-refractivity contribution in [2.45, 2.75) is 12.2 Å². The summed E-state index contributed by atoms with van der Waals surface area (Å²) in [5.41, 5.74) is 2.59. The quantitative estimate of drug-likeness (QED) is 0.777. The minimum atomic E-state index is 0.344. The van der Waals surface area contributed by atoms with Gasteiger partial charge in [0.25, 0.3) is 0 Å². The Balaban J connectivity index is 2.28. The van der Waals surface area contributed by atoms with Crippen LogP contribution in [0.5, 0.6) is 11.5 Å². The van der Waals surface area contributed by atoms with Crippen molar-refractivity contribution in [3.63, 3.8) is 0 Å². The zero-order valence-corrected chi connectivity index (χ0v) is 12.9. The van der Waals surface area contributed by atoms with E-state index in [0.29, 0.717) is 5.25 Å². The fourth-order valence-corrected chi connectivity index (χ4v) is 3.14. The Hall–Kier alpha value is -1.61. The van der Waals surface area contributed by atoms with Crippen molar-refractivity contribution in [3.8, 4) is 11.5 Å². The van der Waals surface area contributed by atoms with Crippen LogP contribution in [0, 0.1) is 0 Å². The largest absolute Gasteiger partial charge is 0.497 e. The summed E-state index contributed by atoms with van der Waals surface area (Å²) in [6.07, 6.45) is 0. The second-order valence-electron chi connectivity index (χ2n) is 4.38. The van der Waals surface area contributed by atoms with Gasteiger partial charge in [0.1, 0.15) is 11.5 Å². The molecule has 2 aromatic rings. The third-order valence-corrected chi connectivity index (χ3v) is 4.38. The molecule has 0 amide bonds. The highest BCUT2D eigenvalue weighted by Crippen LogP contribution is 2.36. The third kappa shape index (κ3) is 3.48. The maximum atomic E-state index is 5.22. The molecule has 0 saturated heterocycles. The predicted octanol–water partition coefficient (Wildman–Crippen LogP) is 4.55. The lowest BCUT2D eigenvalue weighted by Crippen LogP contribution is -1.98. The van der Waals surface area contributed by atoms with Crippen LogP contribution in [-0.4, -0.2) is 20.0 Å². The topological polar surface area (TPSA) is 18.5 Å². The molecule has 2 aromatic carbocycles. The average Bonchev–Trinajstić information content (AvgIpc) is 2.53. The lowest BCUT2D eigenvalue weighted by molar-refractivity contribution is 0.414. The molecule has 0 aliphatic rings. The van der Waals surface area contributed by atoms with Gasteiger partial charge in [0, 0.05) is 0 Å². The Morgan fingerprint density at radius 2 is 1.20 bits per heavy atom. The standard InChI is InChI=1S/C17H20O2S/c1-4-20-17(13-5-9-15(18-2)10-6-13)14-7-11-16(19-3)12-8-14/h5-12,17H,4H2,1-3H3. The molecular weight excluding hydrogens is 268 g/mol. The molecule has 0 aliphatic carbocycles. The molecule has 0 saturated carbocycles. The van der Waals surface area contributed by atoms with Crippen LogP contribution in [0.15, 0.2) is 48.5 Å². The van der Waals surface area contributed by atoms with E-state index in [-0.39, 0.29) is 0 Å². The maximum absolute atomic E-state index is 5.22. The second-order valence-corrected chi connectivity index (χ2v) is 5.76. The number of benzene rings is 2. The molecule has 0 radical (unpaired) electrons. The summed E-state index contributed by atoms with van der Waals surface area (Å²) in [6, 6.07) is 16.6. The Kier molecular flexibility index (Phi) is 5.36. The number of rotatable bonds is 6. The second kappa shape index (κ2) is 7.25. The van der Waals surface area contributed by atoms with Crippen molar-refractivity contribution in [3.05, 3.63) is 59.7 Å². The zero-order valence-electron chi connectivity index (χ0n) is 12.1. The van der Waals surface area contributed by atoms with Crippen LogP contribution < -0.4 is 9.47 Å². The van der Waals surface area contributed by atoms with Gasteiger partial charge >= 0.3 is 0 Å². The van der Waals surface area contributed by atoms with Crippen LogP contribution in [0.2, 0.25) is 0 Å². The molecule has 0 N–H and O–H groups in total. The number of hydrogen-bond acceptors (Lipinski definition) is 3. The Labute approximate surface area is 125 Å². The molecule has 0 heterocycles. The summed E-state index contributed by atoms with van der Waals surface area (Å²) in [5, 5.41) is 0.344. The normalized spacial score (nSPS) is 10.6. The Morgan fingerprint density at radius 3 is 1.50 bits per heavy atom. The summed E-state index contributed by atoms with van der Waals surface area (Å²) in [7, 11) is 3.38. The van der Waals surface area contributed by atoms with Gasteiger partial charge in [0.05, 0.1) is 19.5 Å². The molecule has 106 valence electrons. The fourth-order valence-electron chi connectivity index (χ4n) is 2.11. The predicted molar refractivity (Wildman–Crippen MR) is 86.0 cm³/mol. The minimum absolute atomic E-state index is 0.344. The number of methoxy groups -OCH3 is 2. The van der Waals surface area contributed by atoms with Gasteiger partial charge in [-0.1, -0.05) is 31.2 Å². The molecule has 0 unspecified atom stereocenters. The van der Waals surface area contributed by atoms with Gasteiger partial charge in [-0.05, 0) is 41.1 Å². The summed E-state index contributed by atoms with van der Waals surface area (Å²) in [6.45, 7) is 2.19. The number of hydrogen-bond donors (Lipinski definition) is 0. The first-order valence-corrected chi connectivity index (χ1v) is 7.73. The van der Waals surface area contributed by atoms with E-state index in [4.69, 9.17) is 9.47 Å². The van der Waals surface area contributed by atoms with Crippen molar-refractivity contribution < 1.29 is 9.47 Å². The van der Waals surface area contributed by atoms with E-state index in [0.717, 1.165) is 17.3 Å². The van der Waals surface area contributed by atoms with Crippen LogP contribution in [0.25, 0.3) is 0 Å². The van der Waals surface area contributed by atoms with Gasteiger partial charge < -0.3 is 9.47 Å². The molecular formula is C17H20O2S.